The van der Waals surface area contributed by atoms with Gasteiger partial charge in [0.25, 0.3) is 0 Å². The number of nitrogens with zero attached hydrogens (tertiary/aromatic N) is 3. The molecule has 0 spiro atoms. The summed E-state index contributed by atoms with van der Waals surface area (Å²) >= 11 is 0. The van der Waals surface area contributed by atoms with E-state index in [4.69, 9.17) is 4.74 Å². The zero-order chi connectivity index (χ0) is 32.4. The van der Waals surface area contributed by atoms with Crippen molar-refractivity contribution in [2.45, 2.75) is 84.2 Å². The number of carbonyl (C=O) groups is 5. The first-order valence-electron chi connectivity index (χ1n) is 15.7. The largest absolute Gasteiger partial charge is 0.373 e. The zero-order valence-corrected chi connectivity index (χ0v) is 27.0. The van der Waals surface area contributed by atoms with E-state index in [2.05, 4.69) is 20.9 Å². The summed E-state index contributed by atoms with van der Waals surface area (Å²) in [5.74, 6) is -1.93. The van der Waals surface area contributed by atoms with Crippen LogP contribution in [0.5, 0.6) is 0 Å². The van der Waals surface area contributed by atoms with Crippen LogP contribution in [0.4, 0.5) is 0 Å². The number of hydrogen-bond donors (Lipinski definition) is 3. The number of morpholine rings is 1. The molecule has 2 aliphatic rings. The minimum absolute atomic E-state index is 0.0641. The molecule has 0 aliphatic carbocycles. The van der Waals surface area contributed by atoms with Crippen molar-refractivity contribution in [3.63, 3.8) is 0 Å². The average Bonchev–Trinajstić information content (AvgIpc) is 2.96. The maximum Gasteiger partial charge on any atom is 0.245 e. The molecule has 244 valence electrons. The smallest absolute Gasteiger partial charge is 0.245 e. The highest BCUT2D eigenvalue weighted by molar-refractivity contribution is 5.94. The number of likely N-dealkylation sites (N-methyl/N-ethyl adjacent to an activating group) is 1. The summed E-state index contributed by atoms with van der Waals surface area (Å²) in [5, 5.41) is 8.48. The summed E-state index contributed by atoms with van der Waals surface area (Å²) in [6, 6.07) is 6.66. The fourth-order valence-corrected chi connectivity index (χ4v) is 5.68. The van der Waals surface area contributed by atoms with Gasteiger partial charge >= 0.3 is 0 Å². The third kappa shape index (κ3) is 10.6. The zero-order valence-electron chi connectivity index (χ0n) is 27.0. The van der Waals surface area contributed by atoms with E-state index >= 15 is 0 Å². The molecule has 1 aromatic rings. The summed E-state index contributed by atoms with van der Waals surface area (Å²) in [7, 11) is 1.51. The van der Waals surface area contributed by atoms with Crippen LogP contribution >= 0.6 is 0 Å². The SMILES string of the molecule is CC(C)C[C@@H]1NC(=O)CN(C(=O)CCN2C[C@@H](C)O[C@@H](C)C2)CCNC(=O)[C@H](Cc2ccccc2)NC(=O)[C@H](C)N(C)C1=O. The molecule has 2 saturated heterocycles. The van der Waals surface area contributed by atoms with E-state index in [0.717, 1.165) is 5.56 Å². The van der Waals surface area contributed by atoms with E-state index in [1.165, 1.54) is 16.8 Å². The molecule has 2 aliphatic heterocycles. The van der Waals surface area contributed by atoms with Crippen molar-refractivity contribution >= 4 is 29.5 Å². The van der Waals surface area contributed by atoms with Gasteiger partial charge in [0.1, 0.15) is 18.1 Å². The number of nitrogens with one attached hydrogen (secondary N) is 3. The molecule has 0 radical (unpaired) electrons. The van der Waals surface area contributed by atoms with Gasteiger partial charge in [-0.3, -0.25) is 28.9 Å². The quantitative estimate of drug-likeness (QED) is 0.408. The van der Waals surface area contributed by atoms with E-state index in [1.807, 2.05) is 58.0 Å². The van der Waals surface area contributed by atoms with Crippen LogP contribution < -0.4 is 16.0 Å². The highest BCUT2D eigenvalue weighted by Crippen LogP contribution is 2.13. The van der Waals surface area contributed by atoms with Gasteiger partial charge in [-0.1, -0.05) is 44.2 Å². The van der Waals surface area contributed by atoms with Gasteiger partial charge in [-0.25, -0.2) is 0 Å². The molecule has 0 unspecified atom stereocenters. The van der Waals surface area contributed by atoms with Crippen LogP contribution in [-0.2, 0) is 35.1 Å². The van der Waals surface area contributed by atoms with Gasteiger partial charge in [0.05, 0.1) is 18.8 Å². The number of ether oxygens (including phenoxy) is 1. The lowest BCUT2D eigenvalue weighted by atomic mass is 10.0. The Hall–Kier alpha value is -3.51. The summed E-state index contributed by atoms with van der Waals surface area (Å²) in [6.07, 6.45) is 0.935. The second-order valence-corrected chi connectivity index (χ2v) is 12.5. The normalized spacial score (nSPS) is 26.8. The molecule has 44 heavy (non-hydrogen) atoms. The van der Waals surface area contributed by atoms with Crippen LogP contribution in [0.15, 0.2) is 30.3 Å². The average molecular weight is 615 g/mol. The Labute approximate surface area is 261 Å². The fourth-order valence-electron chi connectivity index (χ4n) is 5.68. The van der Waals surface area contributed by atoms with Gasteiger partial charge in [0, 0.05) is 52.6 Å². The Bertz CT molecular complexity index is 1140. The fraction of sp³-hybridized carbons (Fsp3) is 0.656. The molecule has 2 heterocycles. The molecule has 0 saturated carbocycles. The van der Waals surface area contributed by atoms with Crippen molar-refractivity contribution < 1.29 is 28.7 Å². The topological polar surface area (TPSA) is 140 Å². The van der Waals surface area contributed by atoms with Gasteiger partial charge in [0.15, 0.2) is 0 Å². The molecular weight excluding hydrogens is 564 g/mol. The molecular formula is C32H50N6O6. The number of rotatable bonds is 7. The van der Waals surface area contributed by atoms with Crippen LogP contribution in [0.1, 0.15) is 53.0 Å². The van der Waals surface area contributed by atoms with E-state index in [-0.39, 0.29) is 56.5 Å². The lowest BCUT2D eigenvalue weighted by molar-refractivity contribution is -0.142. The lowest BCUT2D eigenvalue weighted by Gasteiger charge is -2.35. The Morgan fingerprint density at radius 1 is 0.955 bits per heavy atom. The minimum atomic E-state index is -0.901. The van der Waals surface area contributed by atoms with Crippen molar-refractivity contribution in [3.8, 4) is 0 Å². The lowest BCUT2D eigenvalue weighted by Crippen LogP contribution is -2.57. The summed E-state index contributed by atoms with van der Waals surface area (Å²) in [5.41, 5.74) is 0.860. The first-order chi connectivity index (χ1) is 20.8. The van der Waals surface area contributed by atoms with Crippen molar-refractivity contribution in [1.82, 2.24) is 30.7 Å². The number of amides is 5. The molecule has 3 rings (SSSR count). The molecule has 12 heteroatoms. The van der Waals surface area contributed by atoms with Gasteiger partial charge in [-0.05, 0) is 38.7 Å². The van der Waals surface area contributed by atoms with Crippen LogP contribution in [0.25, 0.3) is 0 Å². The Morgan fingerprint density at radius 2 is 1.61 bits per heavy atom. The summed E-state index contributed by atoms with van der Waals surface area (Å²) in [4.78, 5) is 71.8. The van der Waals surface area contributed by atoms with E-state index in [1.54, 1.807) is 6.92 Å². The van der Waals surface area contributed by atoms with Crippen LogP contribution in [0.3, 0.4) is 0 Å². The minimum Gasteiger partial charge on any atom is -0.373 e. The molecule has 0 aromatic heterocycles. The van der Waals surface area contributed by atoms with Crippen LogP contribution in [0.2, 0.25) is 0 Å². The first kappa shape index (κ1) is 35.0. The standard InChI is InChI=1S/C32H50N6O6/c1-21(2)16-27-32(43)36(6)24(5)30(41)35-26(17-25-10-8-7-9-11-25)31(42)33-13-15-38(20-28(39)34-27)29(40)12-14-37-18-22(3)44-23(4)19-37/h7-11,21-24,26-27H,12-20H2,1-6H3,(H,33,42)(H,34,39)(H,35,41)/t22-,23+,24-,26-,27-/m0/s1. The molecule has 1 aromatic carbocycles. The van der Waals surface area contributed by atoms with Crippen molar-refractivity contribution in [2.75, 3.05) is 46.3 Å². The summed E-state index contributed by atoms with van der Waals surface area (Å²) in [6.45, 7) is 11.4. The molecule has 5 amide bonds. The van der Waals surface area contributed by atoms with E-state index in [0.29, 0.717) is 26.1 Å². The van der Waals surface area contributed by atoms with Crippen molar-refractivity contribution in [2.24, 2.45) is 5.92 Å². The number of benzene rings is 1. The Kier molecular flexibility index (Phi) is 13.1. The first-order valence-corrected chi connectivity index (χ1v) is 15.7. The van der Waals surface area contributed by atoms with Crippen LogP contribution in [-0.4, -0.2) is 121 Å². The van der Waals surface area contributed by atoms with Crippen molar-refractivity contribution in [3.05, 3.63) is 35.9 Å². The highest BCUT2D eigenvalue weighted by atomic mass is 16.5. The van der Waals surface area contributed by atoms with E-state index < -0.39 is 41.8 Å². The number of hydrogen-bond acceptors (Lipinski definition) is 7. The third-order valence-corrected chi connectivity index (χ3v) is 8.07. The van der Waals surface area contributed by atoms with Gasteiger partial charge in [-0.2, -0.15) is 0 Å². The van der Waals surface area contributed by atoms with E-state index in [9.17, 15) is 24.0 Å². The third-order valence-electron chi connectivity index (χ3n) is 8.07. The number of carbonyl (C=O) groups excluding carboxylic acids is 5. The molecule has 12 nitrogen and oxygen atoms in total. The maximum absolute atomic E-state index is 13.6. The maximum atomic E-state index is 13.6. The second kappa shape index (κ2) is 16.5. The summed E-state index contributed by atoms with van der Waals surface area (Å²) < 4.78 is 5.80. The molecule has 0 bridgehead atoms. The Morgan fingerprint density at radius 3 is 2.25 bits per heavy atom. The monoisotopic (exact) mass is 614 g/mol. The molecule has 2 fully saturated rings. The predicted octanol–water partition coefficient (Wildman–Crippen LogP) is 0.549. The highest BCUT2D eigenvalue weighted by Gasteiger charge is 2.33. The Balaban J connectivity index is 1.83. The van der Waals surface area contributed by atoms with Gasteiger partial charge < -0.3 is 30.5 Å². The van der Waals surface area contributed by atoms with Crippen molar-refractivity contribution in [1.29, 1.82) is 0 Å². The molecule has 5 atom stereocenters. The van der Waals surface area contributed by atoms with Crippen LogP contribution in [0, 0.1) is 5.92 Å². The predicted molar refractivity (Wildman–Crippen MR) is 166 cm³/mol. The second-order valence-electron chi connectivity index (χ2n) is 12.5. The van der Waals surface area contributed by atoms with Gasteiger partial charge in [0.2, 0.25) is 29.5 Å². The van der Waals surface area contributed by atoms with Gasteiger partial charge in [-0.15, -0.1) is 0 Å². The molecule has 3 N–H and O–H groups in total.